The molecule has 1 amide bonds. The van der Waals surface area contributed by atoms with Crippen molar-refractivity contribution in [1.82, 2.24) is 5.32 Å². The number of rotatable bonds is 6. The summed E-state index contributed by atoms with van der Waals surface area (Å²) in [6.45, 7) is 1.44. The Morgan fingerprint density at radius 3 is 2.38 bits per heavy atom. The van der Waals surface area contributed by atoms with Crippen molar-refractivity contribution < 1.29 is 27.8 Å². The predicted molar refractivity (Wildman–Crippen MR) is 91.1 cm³/mol. The maximum absolute atomic E-state index is 12.7. The van der Waals surface area contributed by atoms with Crippen LogP contribution < -0.4 is 10.1 Å². The Hall–Kier alpha value is -2.54. The van der Waals surface area contributed by atoms with Crippen LogP contribution in [0.2, 0.25) is 0 Å². The van der Waals surface area contributed by atoms with Crippen molar-refractivity contribution in [1.29, 1.82) is 0 Å². The van der Waals surface area contributed by atoms with Crippen LogP contribution >= 0.6 is 0 Å². The van der Waals surface area contributed by atoms with Gasteiger partial charge >= 0.3 is 6.18 Å². The number of carbonyl (C=O) groups excluding carboxylic acids is 1. The molecule has 0 radical (unpaired) electrons. The Morgan fingerprint density at radius 2 is 1.81 bits per heavy atom. The highest BCUT2D eigenvalue weighted by Crippen LogP contribution is 2.29. The molecule has 2 aromatic carbocycles. The van der Waals surface area contributed by atoms with Gasteiger partial charge in [0.2, 0.25) is 0 Å². The van der Waals surface area contributed by atoms with Gasteiger partial charge in [0.25, 0.3) is 5.91 Å². The average Bonchev–Trinajstić information content (AvgIpc) is 2.59. The second kappa shape index (κ2) is 7.78. The van der Waals surface area contributed by atoms with E-state index in [0.29, 0.717) is 5.75 Å². The fourth-order valence-electron chi connectivity index (χ4n) is 2.46. The van der Waals surface area contributed by atoms with Gasteiger partial charge in [-0.2, -0.15) is 13.2 Å². The van der Waals surface area contributed by atoms with E-state index in [1.54, 1.807) is 38.3 Å². The third-order valence-corrected chi connectivity index (χ3v) is 3.83. The Bertz CT molecular complexity index is 755. The van der Waals surface area contributed by atoms with E-state index >= 15 is 0 Å². The van der Waals surface area contributed by atoms with Crippen molar-refractivity contribution in [3.05, 3.63) is 65.2 Å². The molecule has 0 heterocycles. The molecule has 0 bridgehead atoms. The Kier molecular flexibility index (Phi) is 5.92. The molecule has 0 aliphatic carbocycles. The third-order valence-electron chi connectivity index (χ3n) is 3.83. The van der Waals surface area contributed by atoms with Crippen LogP contribution in [0.3, 0.4) is 0 Å². The van der Waals surface area contributed by atoms with Crippen LogP contribution in [0, 0.1) is 0 Å². The minimum atomic E-state index is -4.52. The van der Waals surface area contributed by atoms with Gasteiger partial charge in [0.15, 0.2) is 0 Å². The molecule has 140 valence electrons. The van der Waals surface area contributed by atoms with Crippen molar-refractivity contribution in [2.45, 2.75) is 25.1 Å². The van der Waals surface area contributed by atoms with Crippen LogP contribution in [-0.4, -0.2) is 30.3 Å². The van der Waals surface area contributed by atoms with E-state index in [1.165, 1.54) is 12.1 Å². The lowest BCUT2D eigenvalue weighted by Crippen LogP contribution is -2.42. The number of benzene rings is 2. The zero-order valence-corrected chi connectivity index (χ0v) is 14.4. The molecule has 0 aromatic heterocycles. The van der Waals surface area contributed by atoms with Crippen molar-refractivity contribution in [2.75, 3.05) is 13.7 Å². The topological polar surface area (TPSA) is 58.6 Å². The van der Waals surface area contributed by atoms with Gasteiger partial charge in [-0.05, 0) is 42.8 Å². The summed E-state index contributed by atoms with van der Waals surface area (Å²) in [5, 5.41) is 12.9. The SMILES string of the molecule is COc1ccc(CC(C)(O)CNC(=O)c2cccc(C(F)(F)F)c2)cc1. The third kappa shape index (κ3) is 5.49. The van der Waals surface area contributed by atoms with E-state index in [0.717, 1.165) is 17.7 Å². The van der Waals surface area contributed by atoms with Gasteiger partial charge in [0, 0.05) is 18.5 Å². The van der Waals surface area contributed by atoms with Crippen LogP contribution in [0.5, 0.6) is 5.75 Å². The molecule has 4 nitrogen and oxygen atoms in total. The molecule has 2 aromatic rings. The molecule has 7 heteroatoms. The summed E-state index contributed by atoms with van der Waals surface area (Å²) >= 11 is 0. The lowest BCUT2D eigenvalue weighted by molar-refractivity contribution is -0.137. The molecule has 26 heavy (non-hydrogen) atoms. The second-order valence-electron chi connectivity index (χ2n) is 6.28. The average molecular weight is 367 g/mol. The molecule has 1 unspecified atom stereocenters. The second-order valence-corrected chi connectivity index (χ2v) is 6.28. The summed E-state index contributed by atoms with van der Waals surface area (Å²) in [5.74, 6) is 0.0114. The fraction of sp³-hybridized carbons (Fsp3) is 0.316. The van der Waals surface area contributed by atoms with Crippen LogP contribution in [0.4, 0.5) is 13.2 Å². The van der Waals surface area contributed by atoms with E-state index in [-0.39, 0.29) is 18.5 Å². The molecule has 0 spiro atoms. The Balaban J connectivity index is 1.98. The van der Waals surface area contributed by atoms with Crippen molar-refractivity contribution in [3.63, 3.8) is 0 Å². The quantitative estimate of drug-likeness (QED) is 0.822. The first-order valence-electron chi connectivity index (χ1n) is 7.91. The van der Waals surface area contributed by atoms with E-state index in [2.05, 4.69) is 5.32 Å². The maximum Gasteiger partial charge on any atom is 0.416 e. The smallest absolute Gasteiger partial charge is 0.416 e. The van der Waals surface area contributed by atoms with Crippen LogP contribution in [0.15, 0.2) is 48.5 Å². The minimum Gasteiger partial charge on any atom is -0.497 e. The maximum atomic E-state index is 12.7. The molecular formula is C19H20F3NO3. The summed E-state index contributed by atoms with van der Waals surface area (Å²) < 4.78 is 43.2. The number of hydrogen-bond acceptors (Lipinski definition) is 3. The number of aliphatic hydroxyl groups is 1. The molecule has 0 aliphatic rings. The number of alkyl halides is 3. The molecular weight excluding hydrogens is 347 g/mol. The van der Waals surface area contributed by atoms with Crippen LogP contribution in [-0.2, 0) is 12.6 Å². The zero-order valence-electron chi connectivity index (χ0n) is 14.4. The summed E-state index contributed by atoms with van der Waals surface area (Å²) in [4.78, 5) is 12.1. The highest BCUT2D eigenvalue weighted by molar-refractivity contribution is 5.94. The van der Waals surface area contributed by atoms with Gasteiger partial charge in [0.05, 0.1) is 18.3 Å². The molecule has 2 rings (SSSR count). The van der Waals surface area contributed by atoms with Gasteiger partial charge in [-0.15, -0.1) is 0 Å². The Morgan fingerprint density at radius 1 is 1.15 bits per heavy atom. The van der Waals surface area contributed by atoms with E-state index in [4.69, 9.17) is 4.74 Å². The number of methoxy groups -OCH3 is 1. The lowest BCUT2D eigenvalue weighted by atomic mass is 9.96. The number of halogens is 3. The van der Waals surface area contributed by atoms with E-state index in [1.807, 2.05) is 0 Å². The monoisotopic (exact) mass is 367 g/mol. The number of nitrogens with one attached hydrogen (secondary N) is 1. The molecule has 0 fully saturated rings. The Labute approximate surface area is 149 Å². The van der Waals surface area contributed by atoms with Gasteiger partial charge in [0.1, 0.15) is 5.75 Å². The van der Waals surface area contributed by atoms with Gasteiger partial charge < -0.3 is 15.2 Å². The normalized spacial score (nSPS) is 13.8. The van der Waals surface area contributed by atoms with E-state index < -0.39 is 23.2 Å². The van der Waals surface area contributed by atoms with Gasteiger partial charge in [-0.3, -0.25) is 4.79 Å². The highest BCUT2D eigenvalue weighted by Gasteiger charge is 2.31. The fourth-order valence-corrected chi connectivity index (χ4v) is 2.46. The van der Waals surface area contributed by atoms with Crippen LogP contribution in [0.1, 0.15) is 28.4 Å². The van der Waals surface area contributed by atoms with E-state index in [9.17, 15) is 23.1 Å². The summed E-state index contributed by atoms with van der Waals surface area (Å²) in [7, 11) is 1.55. The number of hydrogen-bond donors (Lipinski definition) is 2. The summed E-state index contributed by atoms with van der Waals surface area (Å²) in [6, 6.07) is 11.3. The molecule has 1 atom stereocenters. The number of amides is 1. The van der Waals surface area contributed by atoms with Crippen molar-refractivity contribution in [3.8, 4) is 5.75 Å². The summed E-state index contributed by atoms with van der Waals surface area (Å²) in [5.41, 5.74) is -1.43. The minimum absolute atomic E-state index is 0.103. The number of ether oxygens (including phenoxy) is 1. The summed E-state index contributed by atoms with van der Waals surface area (Å²) in [6.07, 6.45) is -4.25. The predicted octanol–water partition coefficient (Wildman–Crippen LogP) is 3.44. The van der Waals surface area contributed by atoms with Gasteiger partial charge in [-0.25, -0.2) is 0 Å². The van der Waals surface area contributed by atoms with Crippen LogP contribution in [0.25, 0.3) is 0 Å². The first-order valence-corrected chi connectivity index (χ1v) is 7.91. The first-order chi connectivity index (χ1) is 12.1. The van der Waals surface area contributed by atoms with Gasteiger partial charge in [-0.1, -0.05) is 18.2 Å². The standard InChI is InChI=1S/C19H20F3NO3/c1-18(25,11-13-6-8-16(26-2)9-7-13)12-23-17(24)14-4-3-5-15(10-14)19(20,21)22/h3-10,25H,11-12H2,1-2H3,(H,23,24). The zero-order chi connectivity index (χ0) is 19.4. The lowest BCUT2D eigenvalue weighted by Gasteiger charge is -2.24. The largest absolute Gasteiger partial charge is 0.497 e. The molecule has 2 N–H and O–H groups in total. The molecule has 0 aliphatic heterocycles. The molecule has 0 saturated carbocycles. The van der Waals surface area contributed by atoms with Crippen molar-refractivity contribution in [2.24, 2.45) is 0 Å². The first kappa shape index (κ1) is 19.8. The van der Waals surface area contributed by atoms with Crippen molar-refractivity contribution >= 4 is 5.91 Å². The molecule has 0 saturated heterocycles. The highest BCUT2D eigenvalue weighted by atomic mass is 19.4. The number of carbonyl (C=O) groups is 1.